The fourth-order valence-electron chi connectivity index (χ4n) is 3.53. The van der Waals surface area contributed by atoms with Crippen LogP contribution in [0.5, 0.6) is 5.75 Å². The fourth-order valence-corrected chi connectivity index (χ4v) is 3.53. The van der Waals surface area contributed by atoms with Crippen molar-refractivity contribution in [2.24, 2.45) is 5.73 Å². The fraction of sp³-hybridized carbons (Fsp3) is 0.160. The van der Waals surface area contributed by atoms with E-state index in [1.807, 2.05) is 30.3 Å². The summed E-state index contributed by atoms with van der Waals surface area (Å²) in [6.07, 6.45) is -2.12. The molecule has 5 nitrogen and oxygen atoms in total. The number of nitrogens with two attached hydrogens (primary N) is 1. The van der Waals surface area contributed by atoms with E-state index in [0.29, 0.717) is 41.8 Å². The molecule has 8 heteroatoms. The van der Waals surface area contributed by atoms with E-state index >= 15 is 0 Å². The van der Waals surface area contributed by atoms with Crippen molar-refractivity contribution >= 4 is 16.8 Å². The predicted octanol–water partition coefficient (Wildman–Crippen LogP) is 5.11. The number of fused-ring (bicyclic) bond motifs is 1. The number of nitrogens with zero attached hydrogens (tertiary/aromatic N) is 2. The molecule has 0 spiro atoms. The van der Waals surface area contributed by atoms with Gasteiger partial charge in [-0.15, -0.1) is 0 Å². The molecular weight excluding hydrogens is 431 g/mol. The first-order valence-electron chi connectivity index (χ1n) is 10.2. The molecule has 0 aliphatic carbocycles. The van der Waals surface area contributed by atoms with Crippen molar-refractivity contribution in [1.29, 1.82) is 0 Å². The minimum atomic E-state index is -4.37. The average molecular weight is 451 g/mol. The quantitative estimate of drug-likeness (QED) is 0.424. The SMILES string of the molecule is NC(=O)c1cc(OCc2ccccc2)cc2c(CCc3ccc(C(F)(F)F)cc3)ncnc12. The van der Waals surface area contributed by atoms with Gasteiger partial charge in [0.25, 0.3) is 5.91 Å². The number of hydrogen-bond donors (Lipinski definition) is 1. The molecule has 1 aromatic heterocycles. The summed E-state index contributed by atoms with van der Waals surface area (Å²) >= 11 is 0. The molecule has 0 bridgehead atoms. The number of aromatic nitrogens is 2. The zero-order valence-corrected chi connectivity index (χ0v) is 17.5. The Morgan fingerprint density at radius 3 is 2.30 bits per heavy atom. The highest BCUT2D eigenvalue weighted by molar-refractivity contribution is 6.05. The third-order valence-electron chi connectivity index (χ3n) is 5.24. The number of halogens is 3. The second-order valence-corrected chi connectivity index (χ2v) is 7.52. The molecule has 0 radical (unpaired) electrons. The van der Waals surface area contributed by atoms with Crippen LogP contribution in [0.15, 0.2) is 73.1 Å². The van der Waals surface area contributed by atoms with E-state index in [4.69, 9.17) is 10.5 Å². The molecule has 0 saturated carbocycles. The maximum Gasteiger partial charge on any atom is 0.416 e. The molecule has 0 unspecified atom stereocenters. The molecule has 2 N–H and O–H groups in total. The second-order valence-electron chi connectivity index (χ2n) is 7.52. The van der Waals surface area contributed by atoms with Crippen molar-refractivity contribution in [2.75, 3.05) is 0 Å². The molecule has 0 atom stereocenters. The van der Waals surface area contributed by atoms with Crippen LogP contribution in [0.25, 0.3) is 10.9 Å². The summed E-state index contributed by atoms with van der Waals surface area (Å²) in [4.78, 5) is 20.6. The number of alkyl halides is 3. The average Bonchev–Trinajstić information content (AvgIpc) is 2.81. The van der Waals surface area contributed by atoms with Gasteiger partial charge >= 0.3 is 6.18 Å². The third-order valence-corrected chi connectivity index (χ3v) is 5.24. The Bertz CT molecular complexity index is 1270. The van der Waals surface area contributed by atoms with E-state index in [9.17, 15) is 18.0 Å². The number of rotatable bonds is 7. The standard InChI is InChI=1S/C25H20F3N3O2/c26-25(27,28)18-9-6-16(7-10-18)8-11-22-20-12-19(33-14-17-4-2-1-3-5-17)13-21(24(29)32)23(20)31-15-30-22/h1-7,9-10,12-13,15H,8,11,14H2,(H2,29,32). The largest absolute Gasteiger partial charge is 0.489 e. The third kappa shape index (κ3) is 5.28. The molecule has 4 aromatic rings. The highest BCUT2D eigenvalue weighted by Crippen LogP contribution is 2.30. The summed E-state index contributed by atoms with van der Waals surface area (Å²) in [6, 6.07) is 17.9. The van der Waals surface area contributed by atoms with Crippen LogP contribution in [0.3, 0.4) is 0 Å². The summed E-state index contributed by atoms with van der Waals surface area (Å²) in [7, 11) is 0. The van der Waals surface area contributed by atoms with Crippen molar-refractivity contribution in [2.45, 2.75) is 25.6 Å². The number of benzene rings is 3. The van der Waals surface area contributed by atoms with Gasteiger partial charge in [0, 0.05) is 5.39 Å². The summed E-state index contributed by atoms with van der Waals surface area (Å²) in [5.74, 6) is -0.191. The highest BCUT2D eigenvalue weighted by atomic mass is 19.4. The van der Waals surface area contributed by atoms with Gasteiger partial charge in [-0.2, -0.15) is 13.2 Å². The lowest BCUT2D eigenvalue weighted by Crippen LogP contribution is -2.13. The number of ether oxygens (including phenoxy) is 1. The zero-order valence-electron chi connectivity index (χ0n) is 17.5. The Balaban J connectivity index is 1.61. The molecule has 1 heterocycles. The van der Waals surface area contributed by atoms with Gasteiger partial charge < -0.3 is 10.5 Å². The molecule has 4 rings (SSSR count). The van der Waals surface area contributed by atoms with Crippen molar-refractivity contribution < 1.29 is 22.7 Å². The summed E-state index contributed by atoms with van der Waals surface area (Å²) in [5.41, 5.74) is 7.86. The molecule has 33 heavy (non-hydrogen) atoms. The number of aryl methyl sites for hydroxylation is 2. The minimum absolute atomic E-state index is 0.216. The van der Waals surface area contributed by atoms with Gasteiger partial charge in [0.05, 0.1) is 22.3 Å². The molecule has 0 fully saturated rings. The Labute approximate surface area is 188 Å². The van der Waals surface area contributed by atoms with Crippen molar-refractivity contribution in [3.8, 4) is 5.75 Å². The van der Waals surface area contributed by atoms with E-state index < -0.39 is 17.6 Å². The zero-order chi connectivity index (χ0) is 23.4. The maximum absolute atomic E-state index is 12.8. The van der Waals surface area contributed by atoms with E-state index in [1.165, 1.54) is 18.5 Å². The molecule has 0 aliphatic heterocycles. The summed E-state index contributed by atoms with van der Waals surface area (Å²) < 4.78 is 44.3. The van der Waals surface area contributed by atoms with Crippen LogP contribution < -0.4 is 10.5 Å². The lowest BCUT2D eigenvalue weighted by atomic mass is 10.0. The van der Waals surface area contributed by atoms with Crippen molar-refractivity contribution in [3.05, 3.63) is 101 Å². The molecule has 1 amide bonds. The summed E-state index contributed by atoms with van der Waals surface area (Å²) in [5, 5.41) is 0.615. The first-order chi connectivity index (χ1) is 15.8. The Kier molecular flexibility index (Phi) is 6.26. The number of carbonyl (C=O) groups is 1. The van der Waals surface area contributed by atoms with Gasteiger partial charge in [0.1, 0.15) is 18.7 Å². The van der Waals surface area contributed by atoms with Gasteiger partial charge in [-0.05, 0) is 48.2 Å². The second kappa shape index (κ2) is 9.28. The lowest BCUT2D eigenvalue weighted by Gasteiger charge is -2.12. The van der Waals surface area contributed by atoms with Crippen LogP contribution in [0.1, 0.15) is 32.7 Å². The smallest absolute Gasteiger partial charge is 0.416 e. The van der Waals surface area contributed by atoms with Crippen LogP contribution in [-0.2, 0) is 25.6 Å². The Hall–Kier alpha value is -3.94. The van der Waals surface area contributed by atoms with Gasteiger partial charge in [-0.25, -0.2) is 9.97 Å². The van der Waals surface area contributed by atoms with Gasteiger partial charge in [-0.3, -0.25) is 4.79 Å². The van der Waals surface area contributed by atoms with Gasteiger partial charge in [0.2, 0.25) is 0 Å². The lowest BCUT2D eigenvalue weighted by molar-refractivity contribution is -0.137. The Morgan fingerprint density at radius 2 is 1.64 bits per heavy atom. The van der Waals surface area contributed by atoms with Crippen LogP contribution >= 0.6 is 0 Å². The minimum Gasteiger partial charge on any atom is -0.489 e. The molecule has 168 valence electrons. The first-order valence-corrected chi connectivity index (χ1v) is 10.2. The topological polar surface area (TPSA) is 78.1 Å². The van der Waals surface area contributed by atoms with E-state index in [-0.39, 0.29) is 5.56 Å². The predicted molar refractivity (Wildman–Crippen MR) is 118 cm³/mol. The van der Waals surface area contributed by atoms with Crippen molar-refractivity contribution in [3.63, 3.8) is 0 Å². The van der Waals surface area contributed by atoms with Crippen LogP contribution in [-0.4, -0.2) is 15.9 Å². The maximum atomic E-state index is 12.8. The molecule has 0 aliphatic rings. The monoisotopic (exact) mass is 451 g/mol. The van der Waals surface area contributed by atoms with Gasteiger partial charge in [0.15, 0.2) is 0 Å². The number of hydrogen-bond acceptors (Lipinski definition) is 4. The highest BCUT2D eigenvalue weighted by Gasteiger charge is 2.29. The molecule has 0 saturated heterocycles. The normalized spacial score (nSPS) is 11.5. The first kappa shape index (κ1) is 22.3. The summed E-state index contributed by atoms with van der Waals surface area (Å²) in [6.45, 7) is 0.305. The van der Waals surface area contributed by atoms with Crippen LogP contribution in [0, 0.1) is 0 Å². The number of carbonyl (C=O) groups excluding carboxylic acids is 1. The van der Waals surface area contributed by atoms with E-state index in [0.717, 1.165) is 23.3 Å². The Morgan fingerprint density at radius 1 is 0.909 bits per heavy atom. The number of primary amides is 1. The van der Waals surface area contributed by atoms with Crippen LogP contribution in [0.2, 0.25) is 0 Å². The van der Waals surface area contributed by atoms with E-state index in [1.54, 1.807) is 12.1 Å². The van der Waals surface area contributed by atoms with Crippen molar-refractivity contribution in [1.82, 2.24) is 9.97 Å². The number of amides is 1. The molecule has 3 aromatic carbocycles. The molecular formula is C25H20F3N3O2. The van der Waals surface area contributed by atoms with Crippen LogP contribution in [0.4, 0.5) is 13.2 Å². The van der Waals surface area contributed by atoms with Gasteiger partial charge in [-0.1, -0.05) is 42.5 Å². The van der Waals surface area contributed by atoms with E-state index in [2.05, 4.69) is 9.97 Å².